The Morgan fingerprint density at radius 2 is 1.86 bits per heavy atom. The Balaban J connectivity index is 1.67. The molecular formula is C30H36FN5O. The Kier molecular flexibility index (Phi) is 8.14. The van der Waals surface area contributed by atoms with Crippen LogP contribution in [0.1, 0.15) is 48.9 Å². The summed E-state index contributed by atoms with van der Waals surface area (Å²) in [5.74, 6) is 6.83. The van der Waals surface area contributed by atoms with Crippen LogP contribution in [0.15, 0.2) is 77.9 Å². The SMILES string of the molecule is CCCCN(N)/N=C(N)/C=C/c1ccc(C2(C)c3ccc(OC)cc3CCN2c2ccc(F)cc2)cc1. The molecule has 0 bridgehead atoms. The van der Waals surface area contributed by atoms with E-state index in [1.165, 1.54) is 28.4 Å². The second kappa shape index (κ2) is 11.5. The average Bonchev–Trinajstić information content (AvgIpc) is 2.91. The molecule has 3 aromatic carbocycles. The average molecular weight is 502 g/mol. The van der Waals surface area contributed by atoms with Crippen molar-refractivity contribution in [2.24, 2.45) is 16.7 Å². The number of benzene rings is 3. The van der Waals surface area contributed by atoms with Gasteiger partial charge in [0.2, 0.25) is 0 Å². The first-order chi connectivity index (χ1) is 17.8. The molecule has 0 fully saturated rings. The number of nitrogens with two attached hydrogens (primary N) is 2. The monoisotopic (exact) mass is 501 g/mol. The molecule has 1 unspecified atom stereocenters. The molecule has 1 atom stereocenters. The number of amidine groups is 1. The summed E-state index contributed by atoms with van der Waals surface area (Å²) in [5, 5.41) is 5.58. The molecule has 7 heteroatoms. The Morgan fingerprint density at radius 1 is 1.14 bits per heavy atom. The second-order valence-electron chi connectivity index (χ2n) is 9.47. The van der Waals surface area contributed by atoms with Crippen LogP contribution in [0.4, 0.5) is 10.1 Å². The summed E-state index contributed by atoms with van der Waals surface area (Å²) < 4.78 is 19.2. The van der Waals surface area contributed by atoms with Crippen LogP contribution >= 0.6 is 0 Å². The fourth-order valence-corrected chi connectivity index (χ4v) is 4.95. The predicted molar refractivity (Wildman–Crippen MR) is 150 cm³/mol. The fourth-order valence-electron chi connectivity index (χ4n) is 4.95. The van der Waals surface area contributed by atoms with Gasteiger partial charge in [0.25, 0.3) is 0 Å². The summed E-state index contributed by atoms with van der Waals surface area (Å²) in [6, 6.07) is 21.4. The van der Waals surface area contributed by atoms with Gasteiger partial charge in [-0.2, -0.15) is 0 Å². The zero-order valence-electron chi connectivity index (χ0n) is 21.8. The summed E-state index contributed by atoms with van der Waals surface area (Å²) in [6.07, 6.45) is 6.56. The van der Waals surface area contributed by atoms with Crippen LogP contribution in [-0.4, -0.2) is 31.2 Å². The number of hydrogen-bond donors (Lipinski definition) is 2. The molecule has 37 heavy (non-hydrogen) atoms. The van der Waals surface area contributed by atoms with Crippen molar-refractivity contribution in [1.29, 1.82) is 0 Å². The smallest absolute Gasteiger partial charge is 0.145 e. The summed E-state index contributed by atoms with van der Waals surface area (Å²) in [7, 11) is 1.69. The first-order valence-electron chi connectivity index (χ1n) is 12.7. The largest absolute Gasteiger partial charge is 0.497 e. The summed E-state index contributed by atoms with van der Waals surface area (Å²) in [5.41, 5.74) is 11.1. The minimum atomic E-state index is -0.459. The van der Waals surface area contributed by atoms with E-state index in [2.05, 4.69) is 60.2 Å². The Morgan fingerprint density at radius 3 is 2.54 bits per heavy atom. The standard InChI is InChI=1S/C30H36FN5O/c1-4-5-19-36(33)34-29(32)17-8-22-6-9-24(10-7-22)30(2)28-16-15-27(37-3)21-23(28)18-20-35(30)26-13-11-25(31)12-14-26/h6-17,21H,4-5,18-20,33H2,1-3H3,(H2,32,34)/b17-8+. The molecule has 0 radical (unpaired) electrons. The van der Waals surface area contributed by atoms with Crippen molar-refractivity contribution in [1.82, 2.24) is 5.12 Å². The summed E-state index contributed by atoms with van der Waals surface area (Å²) in [6.45, 7) is 5.79. The van der Waals surface area contributed by atoms with Crippen LogP contribution in [0.2, 0.25) is 0 Å². The highest BCUT2D eigenvalue weighted by Crippen LogP contribution is 2.44. The van der Waals surface area contributed by atoms with Gasteiger partial charge in [0.1, 0.15) is 17.4 Å². The minimum Gasteiger partial charge on any atom is -0.497 e. The van der Waals surface area contributed by atoms with E-state index in [-0.39, 0.29) is 5.82 Å². The van der Waals surface area contributed by atoms with Crippen LogP contribution < -0.4 is 21.2 Å². The third-order valence-corrected chi connectivity index (χ3v) is 7.02. The van der Waals surface area contributed by atoms with Gasteiger partial charge < -0.3 is 15.4 Å². The molecule has 4 rings (SSSR count). The third kappa shape index (κ3) is 5.78. The lowest BCUT2D eigenvalue weighted by Gasteiger charge is -2.48. The number of halogens is 1. The quantitative estimate of drug-likeness (QED) is 0.177. The van der Waals surface area contributed by atoms with Gasteiger partial charge in [0.05, 0.1) is 19.2 Å². The molecule has 4 N–H and O–H groups in total. The van der Waals surface area contributed by atoms with Crippen LogP contribution in [0.25, 0.3) is 6.08 Å². The number of hydrazine groups is 1. The molecule has 0 saturated carbocycles. The van der Waals surface area contributed by atoms with Gasteiger partial charge in [-0.15, -0.1) is 5.10 Å². The van der Waals surface area contributed by atoms with E-state index in [4.69, 9.17) is 16.3 Å². The molecule has 194 valence electrons. The Bertz CT molecular complexity index is 1260. The maximum atomic E-state index is 13.7. The van der Waals surface area contributed by atoms with Gasteiger partial charge in [-0.05, 0) is 84.5 Å². The third-order valence-electron chi connectivity index (χ3n) is 7.02. The van der Waals surface area contributed by atoms with Crippen LogP contribution in [0, 0.1) is 5.82 Å². The molecular weight excluding hydrogens is 465 g/mol. The lowest BCUT2D eigenvalue weighted by molar-refractivity contribution is 0.294. The van der Waals surface area contributed by atoms with Crippen molar-refractivity contribution in [2.75, 3.05) is 25.1 Å². The fraction of sp³-hybridized carbons (Fsp3) is 0.300. The number of anilines is 1. The zero-order valence-corrected chi connectivity index (χ0v) is 21.8. The van der Waals surface area contributed by atoms with Crippen molar-refractivity contribution in [2.45, 2.75) is 38.6 Å². The van der Waals surface area contributed by atoms with E-state index in [1.54, 1.807) is 13.2 Å². The van der Waals surface area contributed by atoms with Gasteiger partial charge in [0.15, 0.2) is 0 Å². The van der Waals surface area contributed by atoms with Gasteiger partial charge in [0, 0.05) is 12.2 Å². The first kappa shape index (κ1) is 26.2. The van der Waals surface area contributed by atoms with Crippen molar-refractivity contribution in [3.05, 3.63) is 101 Å². The molecule has 1 aliphatic heterocycles. The predicted octanol–water partition coefficient (Wildman–Crippen LogP) is 5.42. The highest BCUT2D eigenvalue weighted by molar-refractivity contribution is 5.94. The number of hydrazone groups is 1. The molecule has 0 amide bonds. The highest BCUT2D eigenvalue weighted by Gasteiger charge is 2.40. The van der Waals surface area contributed by atoms with Crippen LogP contribution in [-0.2, 0) is 12.0 Å². The van der Waals surface area contributed by atoms with Crippen molar-refractivity contribution < 1.29 is 9.13 Å². The maximum Gasteiger partial charge on any atom is 0.145 e. The van der Waals surface area contributed by atoms with Crippen molar-refractivity contribution in [3.8, 4) is 5.75 Å². The van der Waals surface area contributed by atoms with Crippen LogP contribution in [0.5, 0.6) is 5.75 Å². The van der Waals surface area contributed by atoms with E-state index in [1.807, 2.05) is 24.3 Å². The van der Waals surface area contributed by atoms with E-state index in [0.717, 1.165) is 48.4 Å². The Hall–Kier alpha value is -3.84. The molecule has 0 aliphatic carbocycles. The zero-order chi connectivity index (χ0) is 26.4. The molecule has 0 saturated heterocycles. The molecule has 1 aliphatic rings. The van der Waals surface area contributed by atoms with E-state index in [9.17, 15) is 4.39 Å². The van der Waals surface area contributed by atoms with Gasteiger partial charge in [-0.3, -0.25) is 0 Å². The normalized spacial score (nSPS) is 17.6. The van der Waals surface area contributed by atoms with Crippen molar-refractivity contribution >= 4 is 17.6 Å². The molecule has 1 heterocycles. The van der Waals surface area contributed by atoms with Crippen LogP contribution in [0.3, 0.4) is 0 Å². The highest BCUT2D eigenvalue weighted by atomic mass is 19.1. The topological polar surface area (TPSA) is 80.1 Å². The van der Waals surface area contributed by atoms with Gasteiger partial charge in [-0.25, -0.2) is 15.4 Å². The minimum absolute atomic E-state index is 0.241. The number of ether oxygens (including phenoxy) is 1. The lowest BCUT2D eigenvalue weighted by atomic mass is 9.76. The van der Waals surface area contributed by atoms with Crippen molar-refractivity contribution in [3.63, 3.8) is 0 Å². The van der Waals surface area contributed by atoms with E-state index < -0.39 is 5.54 Å². The molecule has 0 spiro atoms. The number of unbranched alkanes of at least 4 members (excludes halogenated alkanes) is 1. The maximum absolute atomic E-state index is 13.7. The first-order valence-corrected chi connectivity index (χ1v) is 12.7. The molecule has 0 aromatic heterocycles. The summed E-state index contributed by atoms with van der Waals surface area (Å²) in [4.78, 5) is 2.35. The number of methoxy groups -OCH3 is 1. The number of rotatable bonds is 9. The van der Waals surface area contributed by atoms with E-state index >= 15 is 0 Å². The molecule has 3 aromatic rings. The van der Waals surface area contributed by atoms with Gasteiger partial charge >= 0.3 is 0 Å². The number of nitrogens with zero attached hydrogens (tertiary/aromatic N) is 3. The molecule has 6 nitrogen and oxygen atoms in total. The lowest BCUT2D eigenvalue weighted by Crippen LogP contribution is -2.49. The van der Waals surface area contributed by atoms with Gasteiger partial charge in [-0.1, -0.05) is 49.8 Å². The summed E-state index contributed by atoms with van der Waals surface area (Å²) >= 11 is 0. The Labute approximate surface area is 219 Å². The number of fused-ring (bicyclic) bond motifs is 1. The number of hydrogen-bond acceptors (Lipinski definition) is 5. The second-order valence-corrected chi connectivity index (χ2v) is 9.47. The van der Waals surface area contributed by atoms with E-state index in [0.29, 0.717) is 12.4 Å².